The molecule has 0 aliphatic carbocycles. The van der Waals surface area contributed by atoms with Crippen LogP contribution in [0.1, 0.15) is 10.4 Å². The predicted molar refractivity (Wildman–Crippen MR) is 66.2 cm³/mol. The lowest BCUT2D eigenvalue weighted by Crippen LogP contribution is -2.37. The number of nitrogens with two attached hydrogens (primary N) is 1. The number of carbonyl (C=O) groups excluding carboxylic acids is 2. The van der Waals surface area contributed by atoms with Crippen molar-refractivity contribution in [2.45, 2.75) is 6.10 Å². The van der Waals surface area contributed by atoms with Gasteiger partial charge in [-0.25, -0.2) is 4.79 Å². The summed E-state index contributed by atoms with van der Waals surface area (Å²) >= 11 is 5.70. The number of anilines is 1. The summed E-state index contributed by atoms with van der Waals surface area (Å²) in [5.74, 6) is -1.33. The molecular formula is C11H13ClN2O4. The number of halogens is 1. The summed E-state index contributed by atoms with van der Waals surface area (Å²) in [6, 6.07) is 4.41. The molecule has 0 saturated heterocycles. The van der Waals surface area contributed by atoms with E-state index in [0.717, 1.165) is 7.11 Å². The molecule has 0 spiro atoms. The maximum atomic E-state index is 11.7. The van der Waals surface area contributed by atoms with Gasteiger partial charge in [-0.05, 0) is 18.2 Å². The molecule has 18 heavy (non-hydrogen) atoms. The maximum Gasteiger partial charge on any atom is 0.336 e. The first-order valence-electron chi connectivity index (χ1n) is 5.04. The van der Waals surface area contributed by atoms with Crippen molar-refractivity contribution in [2.24, 2.45) is 0 Å². The number of aliphatic hydroxyl groups is 1. The Labute approximate surface area is 109 Å². The normalized spacial score (nSPS) is 11.7. The number of hydrogen-bond donors (Lipinski definition) is 3. The Kier molecular flexibility index (Phi) is 4.94. The minimum atomic E-state index is -1.41. The van der Waals surface area contributed by atoms with Gasteiger partial charge >= 0.3 is 5.97 Å². The number of carbonyl (C=O) groups is 2. The van der Waals surface area contributed by atoms with Crippen LogP contribution in [0.25, 0.3) is 0 Å². The predicted octanol–water partition coefficient (Wildman–Crippen LogP) is 0.186. The van der Waals surface area contributed by atoms with Gasteiger partial charge in [-0.15, -0.1) is 0 Å². The van der Waals surface area contributed by atoms with Crippen LogP contribution in [0.4, 0.5) is 5.69 Å². The van der Waals surface area contributed by atoms with Crippen LogP contribution in [-0.4, -0.2) is 36.7 Å². The Hall–Kier alpha value is -1.79. The first-order chi connectivity index (χ1) is 8.45. The summed E-state index contributed by atoms with van der Waals surface area (Å²) in [6.07, 6.45) is -1.41. The van der Waals surface area contributed by atoms with Gasteiger partial charge in [0.15, 0.2) is 6.10 Å². The first kappa shape index (κ1) is 14.3. The number of esters is 1. The van der Waals surface area contributed by atoms with Crippen molar-refractivity contribution in [2.75, 3.05) is 19.4 Å². The van der Waals surface area contributed by atoms with Gasteiger partial charge in [-0.2, -0.15) is 0 Å². The Morgan fingerprint density at radius 2 is 2.22 bits per heavy atom. The highest BCUT2D eigenvalue weighted by Gasteiger charge is 2.17. The standard InChI is InChI=1S/C11H13ClN2O4/c1-18-11(17)9(15)5-14-10(16)7-3-2-6(12)4-8(7)13/h2-4,9,15H,5,13H2,1H3,(H,14,16). The van der Waals surface area contributed by atoms with E-state index in [1.165, 1.54) is 18.2 Å². The number of nitrogens with one attached hydrogen (secondary N) is 1. The fraction of sp³-hybridized carbons (Fsp3) is 0.273. The number of nitrogen functional groups attached to an aromatic ring is 1. The second-order valence-corrected chi connectivity index (χ2v) is 3.92. The Morgan fingerprint density at radius 1 is 1.56 bits per heavy atom. The van der Waals surface area contributed by atoms with E-state index in [4.69, 9.17) is 17.3 Å². The number of hydrogen-bond acceptors (Lipinski definition) is 5. The third kappa shape index (κ3) is 3.61. The SMILES string of the molecule is COC(=O)C(O)CNC(=O)c1ccc(Cl)cc1N. The van der Waals surface area contributed by atoms with Crippen molar-refractivity contribution >= 4 is 29.2 Å². The van der Waals surface area contributed by atoms with E-state index in [1.807, 2.05) is 0 Å². The largest absolute Gasteiger partial charge is 0.467 e. The fourth-order valence-electron chi connectivity index (χ4n) is 1.24. The Balaban J connectivity index is 2.63. The van der Waals surface area contributed by atoms with Gasteiger partial charge in [-0.3, -0.25) is 4.79 Å². The van der Waals surface area contributed by atoms with E-state index in [2.05, 4.69) is 10.1 Å². The van der Waals surface area contributed by atoms with E-state index in [0.29, 0.717) is 5.02 Å². The van der Waals surface area contributed by atoms with Crippen LogP contribution in [0, 0.1) is 0 Å². The third-order valence-corrected chi connectivity index (χ3v) is 2.42. The molecule has 0 aromatic heterocycles. The van der Waals surface area contributed by atoms with Crippen LogP contribution in [-0.2, 0) is 9.53 Å². The van der Waals surface area contributed by atoms with E-state index in [9.17, 15) is 14.7 Å². The highest BCUT2D eigenvalue weighted by molar-refractivity contribution is 6.31. The molecule has 0 bridgehead atoms. The van der Waals surface area contributed by atoms with Gasteiger partial charge < -0.3 is 20.9 Å². The third-order valence-electron chi connectivity index (χ3n) is 2.19. The van der Waals surface area contributed by atoms with Crippen LogP contribution in [0.2, 0.25) is 5.02 Å². The van der Waals surface area contributed by atoms with Crippen LogP contribution in [0.15, 0.2) is 18.2 Å². The lowest BCUT2D eigenvalue weighted by atomic mass is 10.1. The first-order valence-corrected chi connectivity index (χ1v) is 5.42. The maximum absolute atomic E-state index is 11.7. The highest BCUT2D eigenvalue weighted by atomic mass is 35.5. The highest BCUT2D eigenvalue weighted by Crippen LogP contribution is 2.17. The van der Waals surface area contributed by atoms with Crippen molar-refractivity contribution in [1.82, 2.24) is 5.32 Å². The van der Waals surface area contributed by atoms with Gasteiger partial charge in [0.05, 0.1) is 19.2 Å². The van der Waals surface area contributed by atoms with E-state index >= 15 is 0 Å². The number of methoxy groups -OCH3 is 1. The second-order valence-electron chi connectivity index (χ2n) is 3.48. The number of aliphatic hydroxyl groups excluding tert-OH is 1. The molecule has 1 aromatic carbocycles. The van der Waals surface area contributed by atoms with Gasteiger partial charge in [0.1, 0.15) is 0 Å². The Bertz CT molecular complexity index is 464. The number of amides is 1. The van der Waals surface area contributed by atoms with Crippen LogP contribution in [0.5, 0.6) is 0 Å². The van der Waals surface area contributed by atoms with Crippen molar-refractivity contribution in [3.63, 3.8) is 0 Å². The van der Waals surface area contributed by atoms with Crippen LogP contribution < -0.4 is 11.1 Å². The summed E-state index contributed by atoms with van der Waals surface area (Å²) < 4.78 is 4.31. The van der Waals surface area contributed by atoms with Crippen molar-refractivity contribution in [3.8, 4) is 0 Å². The number of ether oxygens (including phenoxy) is 1. The molecule has 0 heterocycles. The average Bonchev–Trinajstić information content (AvgIpc) is 2.34. The lowest BCUT2D eigenvalue weighted by Gasteiger charge is -2.11. The molecule has 1 unspecified atom stereocenters. The monoisotopic (exact) mass is 272 g/mol. The minimum absolute atomic E-state index is 0.215. The molecule has 1 amide bonds. The average molecular weight is 273 g/mol. The minimum Gasteiger partial charge on any atom is -0.467 e. The summed E-state index contributed by atoms with van der Waals surface area (Å²) in [4.78, 5) is 22.6. The molecule has 1 rings (SSSR count). The lowest BCUT2D eigenvalue weighted by molar-refractivity contribution is -0.149. The molecule has 1 atom stereocenters. The molecule has 0 saturated carbocycles. The molecule has 0 radical (unpaired) electrons. The molecule has 4 N–H and O–H groups in total. The molecule has 0 fully saturated rings. The molecule has 98 valence electrons. The fourth-order valence-corrected chi connectivity index (χ4v) is 1.42. The van der Waals surface area contributed by atoms with Gasteiger partial charge in [-0.1, -0.05) is 11.6 Å². The molecular weight excluding hydrogens is 260 g/mol. The zero-order valence-corrected chi connectivity index (χ0v) is 10.4. The topological polar surface area (TPSA) is 102 Å². The van der Waals surface area contributed by atoms with Crippen molar-refractivity contribution in [3.05, 3.63) is 28.8 Å². The zero-order valence-electron chi connectivity index (χ0n) is 9.64. The van der Waals surface area contributed by atoms with Crippen LogP contribution >= 0.6 is 11.6 Å². The molecule has 1 aromatic rings. The molecule has 0 aliphatic rings. The van der Waals surface area contributed by atoms with E-state index < -0.39 is 18.0 Å². The second kappa shape index (κ2) is 6.23. The van der Waals surface area contributed by atoms with E-state index in [1.54, 1.807) is 0 Å². The van der Waals surface area contributed by atoms with Gasteiger partial charge in [0.25, 0.3) is 5.91 Å². The molecule has 0 aliphatic heterocycles. The number of rotatable bonds is 4. The van der Waals surface area contributed by atoms with Gasteiger partial charge in [0.2, 0.25) is 0 Å². The summed E-state index contributed by atoms with van der Waals surface area (Å²) in [5, 5.41) is 12.1. The smallest absolute Gasteiger partial charge is 0.336 e. The molecule has 7 heteroatoms. The van der Waals surface area contributed by atoms with E-state index in [-0.39, 0.29) is 17.8 Å². The Morgan fingerprint density at radius 3 is 2.78 bits per heavy atom. The summed E-state index contributed by atoms with van der Waals surface area (Å²) in [5.41, 5.74) is 6.05. The summed E-state index contributed by atoms with van der Waals surface area (Å²) in [6.45, 7) is -0.256. The quantitative estimate of drug-likeness (QED) is 0.536. The van der Waals surface area contributed by atoms with Crippen molar-refractivity contribution < 1.29 is 19.4 Å². The number of benzene rings is 1. The van der Waals surface area contributed by atoms with Crippen LogP contribution in [0.3, 0.4) is 0 Å². The summed E-state index contributed by atoms with van der Waals surface area (Å²) in [7, 11) is 1.14. The van der Waals surface area contributed by atoms with Gasteiger partial charge in [0, 0.05) is 10.7 Å². The molecule has 6 nitrogen and oxygen atoms in total. The van der Waals surface area contributed by atoms with Crippen molar-refractivity contribution in [1.29, 1.82) is 0 Å². The zero-order chi connectivity index (χ0) is 13.7.